The molecular weight excluding hydrogens is 429 g/mol. The molecule has 7 nitrogen and oxygen atoms in total. The summed E-state index contributed by atoms with van der Waals surface area (Å²) in [6.45, 7) is 4.43. The Balaban J connectivity index is 2.05. The van der Waals surface area contributed by atoms with Crippen molar-refractivity contribution in [2.75, 3.05) is 25.6 Å². The molecule has 0 bridgehead atoms. The standard InChI is InChI=1S/C21H21Cl2N3O4/c1-13-9-15(14(2)26(13)7-8-29-3)10-16(11-24)21(28)30-12-19(27)25-18-6-4-5-17(22)20(18)23/h4-6,9-10H,7-8,12H2,1-3H3,(H,25,27)/b16-10+. The molecule has 0 aliphatic carbocycles. The first kappa shape index (κ1) is 23.5. The molecule has 30 heavy (non-hydrogen) atoms. The van der Waals surface area contributed by atoms with Crippen molar-refractivity contribution < 1.29 is 19.1 Å². The van der Waals surface area contributed by atoms with Gasteiger partial charge in [-0.2, -0.15) is 5.26 Å². The van der Waals surface area contributed by atoms with E-state index in [4.69, 9.17) is 32.7 Å². The molecular formula is C21H21Cl2N3O4. The van der Waals surface area contributed by atoms with Gasteiger partial charge in [-0.3, -0.25) is 4.79 Å². The number of hydrogen-bond acceptors (Lipinski definition) is 5. The summed E-state index contributed by atoms with van der Waals surface area (Å²) in [7, 11) is 1.62. The molecule has 1 aromatic carbocycles. The number of rotatable bonds is 8. The van der Waals surface area contributed by atoms with E-state index in [0.717, 1.165) is 11.4 Å². The number of nitrogens with one attached hydrogen (secondary N) is 1. The lowest BCUT2D eigenvalue weighted by atomic mass is 10.1. The second-order valence-corrected chi connectivity index (χ2v) is 7.15. The summed E-state index contributed by atoms with van der Waals surface area (Å²) in [5.74, 6) is -1.51. The third kappa shape index (κ3) is 5.86. The molecule has 0 unspecified atom stereocenters. The number of methoxy groups -OCH3 is 1. The third-order valence-electron chi connectivity index (χ3n) is 4.33. The van der Waals surface area contributed by atoms with Gasteiger partial charge in [0.05, 0.1) is 22.3 Å². The number of esters is 1. The molecule has 0 aliphatic rings. The number of aromatic nitrogens is 1. The minimum atomic E-state index is -0.897. The number of carbonyl (C=O) groups excluding carboxylic acids is 2. The molecule has 2 aromatic rings. The van der Waals surface area contributed by atoms with E-state index in [1.165, 1.54) is 6.08 Å². The second kappa shape index (κ2) is 10.8. The van der Waals surface area contributed by atoms with E-state index in [2.05, 4.69) is 5.32 Å². The molecule has 0 saturated heterocycles. The van der Waals surface area contributed by atoms with Crippen LogP contribution in [0, 0.1) is 25.2 Å². The summed E-state index contributed by atoms with van der Waals surface area (Å²) >= 11 is 11.9. The molecule has 1 N–H and O–H groups in total. The van der Waals surface area contributed by atoms with Gasteiger partial charge >= 0.3 is 5.97 Å². The molecule has 0 aliphatic heterocycles. The van der Waals surface area contributed by atoms with Crippen LogP contribution in [0.4, 0.5) is 5.69 Å². The van der Waals surface area contributed by atoms with Gasteiger partial charge in [0, 0.05) is 25.0 Å². The van der Waals surface area contributed by atoms with Crippen LogP contribution in [0.3, 0.4) is 0 Å². The summed E-state index contributed by atoms with van der Waals surface area (Å²) < 4.78 is 12.1. The Hall–Kier alpha value is -2.79. The minimum Gasteiger partial charge on any atom is -0.451 e. The van der Waals surface area contributed by atoms with Crippen LogP contribution >= 0.6 is 23.2 Å². The van der Waals surface area contributed by atoms with Gasteiger partial charge in [-0.15, -0.1) is 0 Å². The maximum absolute atomic E-state index is 12.3. The van der Waals surface area contributed by atoms with Crippen LogP contribution < -0.4 is 5.32 Å². The van der Waals surface area contributed by atoms with Gasteiger partial charge in [0.2, 0.25) is 0 Å². The van der Waals surface area contributed by atoms with Crippen molar-refractivity contribution in [3.63, 3.8) is 0 Å². The monoisotopic (exact) mass is 449 g/mol. The zero-order valence-corrected chi connectivity index (χ0v) is 18.3. The Bertz CT molecular complexity index is 1020. The Morgan fingerprint density at radius 1 is 1.30 bits per heavy atom. The maximum Gasteiger partial charge on any atom is 0.349 e. The van der Waals surface area contributed by atoms with E-state index in [0.29, 0.717) is 24.4 Å². The highest BCUT2D eigenvalue weighted by molar-refractivity contribution is 6.44. The average molecular weight is 450 g/mol. The van der Waals surface area contributed by atoms with Gasteiger partial charge in [0.15, 0.2) is 6.61 Å². The van der Waals surface area contributed by atoms with Crippen molar-refractivity contribution in [3.05, 3.63) is 56.8 Å². The Labute approximate surface area is 184 Å². The summed E-state index contributed by atoms with van der Waals surface area (Å²) in [6.07, 6.45) is 1.44. The number of anilines is 1. The lowest BCUT2D eigenvalue weighted by molar-refractivity contribution is -0.142. The first-order valence-corrected chi connectivity index (χ1v) is 9.72. The number of carbonyl (C=O) groups is 2. The molecule has 0 saturated carbocycles. The molecule has 158 valence electrons. The number of nitrogens with zero attached hydrogens (tertiary/aromatic N) is 2. The van der Waals surface area contributed by atoms with Crippen molar-refractivity contribution >= 4 is 46.8 Å². The number of aryl methyl sites for hydroxylation is 1. The van der Waals surface area contributed by atoms with Gasteiger partial charge in [0.25, 0.3) is 5.91 Å². The number of halogens is 2. The minimum absolute atomic E-state index is 0.181. The summed E-state index contributed by atoms with van der Waals surface area (Å²) in [5, 5.41) is 12.3. The SMILES string of the molecule is COCCn1c(C)cc(/C=C(\C#N)C(=O)OCC(=O)Nc2cccc(Cl)c2Cl)c1C. The normalized spacial score (nSPS) is 11.1. The van der Waals surface area contributed by atoms with Crippen LogP contribution in [-0.4, -0.2) is 36.8 Å². The summed E-state index contributed by atoms with van der Waals surface area (Å²) in [6, 6.07) is 8.45. The molecule has 0 atom stereocenters. The first-order valence-electron chi connectivity index (χ1n) is 8.97. The third-order valence-corrected chi connectivity index (χ3v) is 5.15. The predicted octanol–water partition coefficient (Wildman–Crippen LogP) is 4.15. The van der Waals surface area contributed by atoms with Gasteiger partial charge in [-0.25, -0.2) is 4.79 Å². The van der Waals surface area contributed by atoms with Crippen LogP contribution in [0.15, 0.2) is 29.8 Å². The van der Waals surface area contributed by atoms with E-state index >= 15 is 0 Å². The van der Waals surface area contributed by atoms with Crippen molar-refractivity contribution in [3.8, 4) is 6.07 Å². The van der Waals surface area contributed by atoms with E-state index in [1.54, 1.807) is 25.3 Å². The van der Waals surface area contributed by atoms with Crippen LogP contribution in [0.2, 0.25) is 10.0 Å². The topological polar surface area (TPSA) is 93.3 Å². The Morgan fingerprint density at radius 2 is 2.03 bits per heavy atom. The fourth-order valence-electron chi connectivity index (χ4n) is 2.79. The molecule has 0 spiro atoms. The van der Waals surface area contributed by atoms with Crippen LogP contribution in [0.25, 0.3) is 6.08 Å². The smallest absolute Gasteiger partial charge is 0.349 e. The van der Waals surface area contributed by atoms with Gasteiger partial charge in [-0.05, 0) is 43.7 Å². The molecule has 0 fully saturated rings. The fraction of sp³-hybridized carbons (Fsp3) is 0.286. The molecule has 1 amide bonds. The number of nitriles is 1. The molecule has 2 rings (SSSR count). The quantitative estimate of drug-likeness (QED) is 0.371. The van der Waals surface area contributed by atoms with Crippen molar-refractivity contribution in [1.29, 1.82) is 5.26 Å². The van der Waals surface area contributed by atoms with E-state index in [-0.39, 0.29) is 15.6 Å². The van der Waals surface area contributed by atoms with E-state index < -0.39 is 18.5 Å². The number of amides is 1. The number of ether oxygens (including phenoxy) is 2. The molecule has 9 heteroatoms. The van der Waals surface area contributed by atoms with Crippen LogP contribution in [0.5, 0.6) is 0 Å². The summed E-state index contributed by atoms with van der Waals surface area (Å²) in [5.41, 5.74) is 2.66. The van der Waals surface area contributed by atoms with Crippen LogP contribution in [0.1, 0.15) is 17.0 Å². The van der Waals surface area contributed by atoms with Crippen molar-refractivity contribution in [1.82, 2.24) is 4.57 Å². The Kier molecular flexibility index (Phi) is 8.48. The molecule has 0 radical (unpaired) electrons. The predicted molar refractivity (Wildman–Crippen MR) is 115 cm³/mol. The lowest BCUT2D eigenvalue weighted by Crippen LogP contribution is -2.21. The van der Waals surface area contributed by atoms with Crippen molar-refractivity contribution in [2.24, 2.45) is 0 Å². The second-order valence-electron chi connectivity index (χ2n) is 6.37. The number of benzene rings is 1. The molecule has 1 heterocycles. The zero-order chi connectivity index (χ0) is 22.3. The first-order chi connectivity index (χ1) is 14.3. The highest BCUT2D eigenvalue weighted by Crippen LogP contribution is 2.29. The average Bonchev–Trinajstić information content (AvgIpc) is 2.98. The highest BCUT2D eigenvalue weighted by Gasteiger charge is 2.16. The van der Waals surface area contributed by atoms with Crippen molar-refractivity contribution in [2.45, 2.75) is 20.4 Å². The zero-order valence-electron chi connectivity index (χ0n) is 16.8. The van der Waals surface area contributed by atoms with E-state index in [9.17, 15) is 14.9 Å². The highest BCUT2D eigenvalue weighted by atomic mass is 35.5. The largest absolute Gasteiger partial charge is 0.451 e. The summed E-state index contributed by atoms with van der Waals surface area (Å²) in [4.78, 5) is 24.3. The van der Waals surface area contributed by atoms with Gasteiger partial charge < -0.3 is 19.4 Å². The fourth-order valence-corrected chi connectivity index (χ4v) is 3.14. The van der Waals surface area contributed by atoms with Gasteiger partial charge in [0.1, 0.15) is 11.6 Å². The Morgan fingerprint density at radius 3 is 2.70 bits per heavy atom. The van der Waals surface area contributed by atoms with Crippen LogP contribution in [-0.2, 0) is 25.6 Å². The lowest BCUT2D eigenvalue weighted by Gasteiger charge is -2.09. The van der Waals surface area contributed by atoms with Gasteiger partial charge in [-0.1, -0.05) is 29.3 Å². The maximum atomic E-state index is 12.3. The van der Waals surface area contributed by atoms with E-state index in [1.807, 2.05) is 30.6 Å². The number of hydrogen-bond donors (Lipinski definition) is 1. The molecule has 1 aromatic heterocycles.